The number of likely N-dealkylation sites (N-methyl/N-ethyl adjacent to an activating group) is 1. The molecule has 1 saturated carbocycles. The summed E-state index contributed by atoms with van der Waals surface area (Å²) in [6.07, 6.45) is 5.46. The summed E-state index contributed by atoms with van der Waals surface area (Å²) in [5.41, 5.74) is 1.85. The first kappa shape index (κ1) is 15.5. The van der Waals surface area contributed by atoms with E-state index in [1.807, 2.05) is 38.1 Å². The van der Waals surface area contributed by atoms with Crippen LogP contribution in [0.15, 0.2) is 24.3 Å². The van der Waals surface area contributed by atoms with Crippen LogP contribution >= 0.6 is 0 Å². The second-order valence-electron chi connectivity index (χ2n) is 5.70. The highest BCUT2D eigenvalue weighted by Crippen LogP contribution is 2.18. The molecule has 0 saturated heterocycles. The van der Waals surface area contributed by atoms with E-state index < -0.39 is 11.8 Å². The van der Waals surface area contributed by atoms with Gasteiger partial charge in [0.2, 0.25) is 0 Å². The molecule has 2 amide bonds. The Kier molecular flexibility index (Phi) is 5.37. The lowest BCUT2D eigenvalue weighted by molar-refractivity contribution is -0.138. The van der Waals surface area contributed by atoms with E-state index in [1.54, 1.807) is 0 Å². The molecule has 1 N–H and O–H groups in total. The molecule has 4 nitrogen and oxygen atoms in total. The Morgan fingerprint density at radius 1 is 1.24 bits per heavy atom. The van der Waals surface area contributed by atoms with Crippen molar-refractivity contribution >= 4 is 17.5 Å². The van der Waals surface area contributed by atoms with Crippen molar-refractivity contribution in [2.24, 2.45) is 0 Å². The first-order valence-electron chi connectivity index (χ1n) is 7.81. The first-order valence-corrected chi connectivity index (χ1v) is 7.81. The summed E-state index contributed by atoms with van der Waals surface area (Å²) in [7, 11) is 0. The second-order valence-corrected chi connectivity index (χ2v) is 5.70. The topological polar surface area (TPSA) is 49.4 Å². The van der Waals surface area contributed by atoms with Crippen molar-refractivity contribution in [3.63, 3.8) is 0 Å². The molecule has 1 aromatic rings. The summed E-state index contributed by atoms with van der Waals surface area (Å²) in [6, 6.07) is 7.83. The minimum atomic E-state index is -0.481. The van der Waals surface area contributed by atoms with E-state index in [0.717, 1.165) is 36.9 Å². The van der Waals surface area contributed by atoms with E-state index in [4.69, 9.17) is 0 Å². The van der Waals surface area contributed by atoms with Crippen molar-refractivity contribution in [2.75, 3.05) is 11.4 Å². The third-order valence-corrected chi connectivity index (χ3v) is 4.01. The number of anilines is 1. The van der Waals surface area contributed by atoms with Gasteiger partial charge in [0.05, 0.1) is 0 Å². The number of hydrogen-bond donors (Lipinski definition) is 1. The number of hydrogen-bond acceptors (Lipinski definition) is 2. The fourth-order valence-corrected chi connectivity index (χ4v) is 2.86. The summed E-state index contributed by atoms with van der Waals surface area (Å²) in [5, 5.41) is 2.89. The summed E-state index contributed by atoms with van der Waals surface area (Å²) in [5.74, 6) is -0.945. The Balaban J connectivity index is 2.03. The maximum atomic E-state index is 12.4. The van der Waals surface area contributed by atoms with Crippen molar-refractivity contribution in [3.05, 3.63) is 29.8 Å². The number of rotatable bonds is 3. The number of aryl methyl sites for hydroxylation is 1. The molecule has 4 heteroatoms. The van der Waals surface area contributed by atoms with Gasteiger partial charge >= 0.3 is 11.8 Å². The Hall–Kier alpha value is -1.84. The van der Waals surface area contributed by atoms with E-state index in [0.29, 0.717) is 6.54 Å². The predicted molar refractivity (Wildman–Crippen MR) is 84.2 cm³/mol. The molecule has 0 aromatic heterocycles. The van der Waals surface area contributed by atoms with Crippen LogP contribution < -0.4 is 10.2 Å². The summed E-state index contributed by atoms with van der Waals surface area (Å²) >= 11 is 0. The van der Waals surface area contributed by atoms with Gasteiger partial charge in [-0.25, -0.2) is 0 Å². The van der Waals surface area contributed by atoms with Crippen LogP contribution in [0.5, 0.6) is 0 Å². The Morgan fingerprint density at radius 2 is 1.95 bits per heavy atom. The average Bonchev–Trinajstić information content (AvgIpc) is 2.49. The van der Waals surface area contributed by atoms with Crippen LogP contribution in [0.25, 0.3) is 0 Å². The standard InChI is InChI=1S/C17H24N2O2/c1-3-19(15-11-7-8-13(2)12-15)17(21)16(20)18-14-9-5-4-6-10-14/h7-8,11-12,14H,3-6,9-10H2,1-2H3,(H,18,20). The highest BCUT2D eigenvalue weighted by Gasteiger charge is 2.25. The molecule has 0 unspecified atom stereocenters. The maximum absolute atomic E-state index is 12.4. The second kappa shape index (κ2) is 7.25. The zero-order chi connectivity index (χ0) is 15.2. The van der Waals surface area contributed by atoms with E-state index in [2.05, 4.69) is 5.32 Å². The Bertz CT molecular complexity index is 507. The molecule has 0 aliphatic heterocycles. The fraction of sp³-hybridized carbons (Fsp3) is 0.529. The lowest BCUT2D eigenvalue weighted by atomic mass is 9.95. The van der Waals surface area contributed by atoms with Crippen molar-refractivity contribution in [2.45, 2.75) is 52.0 Å². The highest BCUT2D eigenvalue weighted by molar-refractivity contribution is 6.40. The van der Waals surface area contributed by atoms with E-state index in [9.17, 15) is 9.59 Å². The lowest BCUT2D eigenvalue weighted by Crippen LogP contribution is -2.47. The third kappa shape index (κ3) is 4.06. The molecule has 0 atom stereocenters. The van der Waals surface area contributed by atoms with Gasteiger partial charge in [-0.05, 0) is 44.4 Å². The zero-order valence-corrected chi connectivity index (χ0v) is 12.9. The third-order valence-electron chi connectivity index (χ3n) is 4.01. The minimum Gasteiger partial charge on any atom is -0.345 e. The van der Waals surface area contributed by atoms with Crippen LogP contribution in [-0.2, 0) is 9.59 Å². The van der Waals surface area contributed by atoms with Gasteiger partial charge in [0.15, 0.2) is 0 Å². The molecule has 1 aliphatic carbocycles. The van der Waals surface area contributed by atoms with E-state index in [1.165, 1.54) is 11.3 Å². The lowest BCUT2D eigenvalue weighted by Gasteiger charge is -2.25. The largest absolute Gasteiger partial charge is 0.345 e. The van der Waals surface area contributed by atoms with Gasteiger partial charge in [0, 0.05) is 18.3 Å². The molecule has 1 aromatic carbocycles. The smallest absolute Gasteiger partial charge is 0.316 e. The minimum absolute atomic E-state index is 0.159. The molecule has 21 heavy (non-hydrogen) atoms. The summed E-state index contributed by atoms with van der Waals surface area (Å²) < 4.78 is 0. The molecule has 1 aliphatic rings. The maximum Gasteiger partial charge on any atom is 0.316 e. The van der Waals surface area contributed by atoms with Gasteiger partial charge in [-0.2, -0.15) is 0 Å². The van der Waals surface area contributed by atoms with Gasteiger partial charge in [-0.15, -0.1) is 0 Å². The Labute approximate surface area is 126 Å². The van der Waals surface area contributed by atoms with Gasteiger partial charge in [0.25, 0.3) is 0 Å². The van der Waals surface area contributed by atoms with Gasteiger partial charge in [0.1, 0.15) is 0 Å². The summed E-state index contributed by atoms with van der Waals surface area (Å²) in [4.78, 5) is 26.1. The molecule has 0 bridgehead atoms. The van der Waals surface area contributed by atoms with Crippen LogP contribution in [0.4, 0.5) is 5.69 Å². The number of carbonyl (C=O) groups is 2. The van der Waals surface area contributed by atoms with Crippen LogP contribution in [0.2, 0.25) is 0 Å². The van der Waals surface area contributed by atoms with Crippen molar-refractivity contribution in [1.29, 1.82) is 0 Å². The van der Waals surface area contributed by atoms with Gasteiger partial charge in [-0.3, -0.25) is 9.59 Å². The van der Waals surface area contributed by atoms with Crippen molar-refractivity contribution in [1.82, 2.24) is 5.32 Å². The molecule has 0 spiro atoms. The number of benzene rings is 1. The van der Waals surface area contributed by atoms with Gasteiger partial charge in [-0.1, -0.05) is 31.4 Å². The number of nitrogens with zero attached hydrogens (tertiary/aromatic N) is 1. The summed E-state index contributed by atoms with van der Waals surface area (Å²) in [6.45, 7) is 4.35. The number of amides is 2. The first-order chi connectivity index (χ1) is 10.1. The van der Waals surface area contributed by atoms with Crippen LogP contribution in [0, 0.1) is 6.92 Å². The molecular formula is C17H24N2O2. The molecule has 0 heterocycles. The van der Waals surface area contributed by atoms with Gasteiger partial charge < -0.3 is 10.2 Å². The normalized spacial score (nSPS) is 15.5. The highest BCUT2D eigenvalue weighted by atomic mass is 16.2. The van der Waals surface area contributed by atoms with Crippen molar-refractivity contribution in [3.8, 4) is 0 Å². The van der Waals surface area contributed by atoms with Crippen LogP contribution in [0.3, 0.4) is 0 Å². The number of nitrogens with one attached hydrogen (secondary N) is 1. The molecular weight excluding hydrogens is 264 g/mol. The molecule has 114 valence electrons. The van der Waals surface area contributed by atoms with Crippen LogP contribution in [-0.4, -0.2) is 24.4 Å². The van der Waals surface area contributed by atoms with Crippen molar-refractivity contribution < 1.29 is 9.59 Å². The number of carbonyl (C=O) groups excluding carboxylic acids is 2. The molecule has 0 radical (unpaired) electrons. The van der Waals surface area contributed by atoms with Crippen LogP contribution in [0.1, 0.15) is 44.6 Å². The fourth-order valence-electron chi connectivity index (χ4n) is 2.86. The molecule has 1 fully saturated rings. The average molecular weight is 288 g/mol. The Morgan fingerprint density at radius 3 is 2.57 bits per heavy atom. The zero-order valence-electron chi connectivity index (χ0n) is 12.9. The quantitative estimate of drug-likeness (QED) is 0.869. The predicted octanol–water partition coefficient (Wildman–Crippen LogP) is 2.80. The molecule has 2 rings (SSSR count). The van der Waals surface area contributed by atoms with E-state index >= 15 is 0 Å². The SMILES string of the molecule is CCN(C(=O)C(=O)NC1CCCCC1)c1cccc(C)c1. The monoisotopic (exact) mass is 288 g/mol. The van der Waals surface area contributed by atoms with E-state index in [-0.39, 0.29) is 6.04 Å².